The molecule has 0 spiro atoms. The summed E-state index contributed by atoms with van der Waals surface area (Å²) in [6.07, 6.45) is 1.04. The van der Waals surface area contributed by atoms with Crippen LogP contribution in [0.25, 0.3) is 0 Å². The highest BCUT2D eigenvalue weighted by Gasteiger charge is 2.35. The second-order valence-corrected chi connectivity index (χ2v) is 8.11. The molecule has 1 saturated heterocycles. The molecule has 1 N–H and O–H groups in total. The maximum Gasteiger partial charge on any atom is 0.231 e. The van der Waals surface area contributed by atoms with E-state index in [9.17, 15) is 9.59 Å². The summed E-state index contributed by atoms with van der Waals surface area (Å²) in [5, 5.41) is 12.5. The molecular weight excluding hydrogens is 348 g/mol. The van der Waals surface area contributed by atoms with Crippen molar-refractivity contribution in [1.82, 2.24) is 15.1 Å². The van der Waals surface area contributed by atoms with E-state index in [2.05, 4.69) is 34.6 Å². The molecule has 6 nitrogen and oxygen atoms in total. The van der Waals surface area contributed by atoms with Crippen LogP contribution in [0.5, 0.6) is 0 Å². The molecule has 0 aliphatic carbocycles. The van der Waals surface area contributed by atoms with Crippen LogP contribution >= 0.6 is 11.3 Å². The van der Waals surface area contributed by atoms with Gasteiger partial charge in [0.15, 0.2) is 0 Å². The minimum atomic E-state index is -0.319. The molecule has 0 bridgehead atoms. The van der Waals surface area contributed by atoms with E-state index >= 15 is 0 Å². The fourth-order valence-electron chi connectivity index (χ4n) is 3.16. The predicted molar refractivity (Wildman–Crippen MR) is 102 cm³/mol. The summed E-state index contributed by atoms with van der Waals surface area (Å²) in [6, 6.07) is 10.4. The summed E-state index contributed by atoms with van der Waals surface area (Å²) in [6.45, 7) is 6.55. The number of likely N-dealkylation sites (tertiary alicyclic amines) is 1. The summed E-state index contributed by atoms with van der Waals surface area (Å²) in [5.74, 6) is -0.102. The molecule has 1 fully saturated rings. The van der Waals surface area contributed by atoms with E-state index in [1.54, 1.807) is 4.90 Å². The minimum absolute atomic E-state index is 0.0368. The first-order valence-corrected chi connectivity index (χ1v) is 9.73. The molecule has 2 heterocycles. The molecule has 1 aromatic carbocycles. The highest BCUT2D eigenvalue weighted by molar-refractivity contribution is 7.15. The molecule has 2 amide bonds. The Morgan fingerprint density at radius 3 is 2.65 bits per heavy atom. The van der Waals surface area contributed by atoms with Crippen LogP contribution in [0.4, 0.5) is 5.13 Å². The first kappa shape index (κ1) is 18.5. The molecule has 1 aliphatic heterocycles. The second-order valence-electron chi connectivity index (χ2n) is 7.05. The number of carbonyl (C=O) groups is 2. The number of aromatic nitrogens is 2. The van der Waals surface area contributed by atoms with Gasteiger partial charge in [-0.25, -0.2) is 0 Å². The molecular formula is C19H24N4O2S. The number of benzene rings is 1. The molecule has 0 radical (unpaired) electrons. The number of hydrogen-bond donors (Lipinski definition) is 1. The highest BCUT2D eigenvalue weighted by atomic mass is 32.1. The van der Waals surface area contributed by atoms with Crippen molar-refractivity contribution in [3.63, 3.8) is 0 Å². The van der Waals surface area contributed by atoms with Gasteiger partial charge in [0.05, 0.1) is 5.92 Å². The molecule has 0 saturated carbocycles. The Labute approximate surface area is 157 Å². The average molecular weight is 372 g/mol. The molecule has 2 aromatic rings. The van der Waals surface area contributed by atoms with Gasteiger partial charge in [0.1, 0.15) is 5.01 Å². The topological polar surface area (TPSA) is 75.2 Å². The smallest absolute Gasteiger partial charge is 0.231 e. The van der Waals surface area contributed by atoms with E-state index in [0.717, 1.165) is 11.4 Å². The number of hydrogen-bond acceptors (Lipinski definition) is 5. The van der Waals surface area contributed by atoms with Crippen molar-refractivity contribution in [3.05, 3.63) is 40.9 Å². The summed E-state index contributed by atoms with van der Waals surface area (Å²) in [7, 11) is 0. The third kappa shape index (κ3) is 4.27. The zero-order valence-electron chi connectivity index (χ0n) is 15.3. The molecule has 7 heteroatoms. The van der Waals surface area contributed by atoms with E-state index < -0.39 is 0 Å². The number of anilines is 1. The van der Waals surface area contributed by atoms with E-state index in [-0.39, 0.29) is 30.2 Å². The third-order valence-electron chi connectivity index (χ3n) is 4.70. The largest absolute Gasteiger partial charge is 0.339 e. The third-order valence-corrected chi connectivity index (χ3v) is 5.56. The maximum atomic E-state index is 12.4. The van der Waals surface area contributed by atoms with E-state index in [4.69, 9.17) is 0 Å². The Balaban J connectivity index is 1.57. The predicted octanol–water partition coefficient (Wildman–Crippen LogP) is 3.08. The molecule has 0 unspecified atom stereocenters. The lowest BCUT2D eigenvalue weighted by Gasteiger charge is -2.20. The van der Waals surface area contributed by atoms with E-state index in [0.29, 0.717) is 17.6 Å². The zero-order valence-corrected chi connectivity index (χ0v) is 16.1. The highest BCUT2D eigenvalue weighted by Crippen LogP contribution is 2.26. The van der Waals surface area contributed by atoms with Crippen molar-refractivity contribution in [2.75, 3.05) is 11.9 Å². The van der Waals surface area contributed by atoms with Gasteiger partial charge in [0.2, 0.25) is 16.9 Å². The van der Waals surface area contributed by atoms with Gasteiger partial charge >= 0.3 is 0 Å². The zero-order chi connectivity index (χ0) is 18.7. The van der Waals surface area contributed by atoms with Gasteiger partial charge in [0.25, 0.3) is 0 Å². The van der Waals surface area contributed by atoms with Crippen molar-refractivity contribution < 1.29 is 9.59 Å². The van der Waals surface area contributed by atoms with Gasteiger partial charge in [-0.05, 0) is 25.3 Å². The van der Waals surface area contributed by atoms with Crippen LogP contribution < -0.4 is 5.32 Å². The summed E-state index contributed by atoms with van der Waals surface area (Å²) >= 11 is 1.40. The summed E-state index contributed by atoms with van der Waals surface area (Å²) < 4.78 is 0. The monoisotopic (exact) mass is 372 g/mol. The van der Waals surface area contributed by atoms with Crippen LogP contribution in [0, 0.1) is 5.92 Å². The molecule has 26 heavy (non-hydrogen) atoms. The number of rotatable bonds is 6. The van der Waals surface area contributed by atoms with E-state index in [1.165, 1.54) is 16.9 Å². The fraction of sp³-hybridized carbons (Fsp3) is 0.474. The number of nitrogens with one attached hydrogen (secondary N) is 1. The first-order chi connectivity index (χ1) is 12.4. The van der Waals surface area contributed by atoms with Crippen molar-refractivity contribution in [2.45, 2.75) is 45.6 Å². The van der Waals surface area contributed by atoms with E-state index in [1.807, 2.05) is 32.0 Å². The number of nitrogens with zero attached hydrogens (tertiary/aromatic N) is 3. The van der Waals surface area contributed by atoms with Crippen LogP contribution in [0.1, 0.15) is 43.7 Å². The minimum Gasteiger partial charge on any atom is -0.339 e. The lowest BCUT2D eigenvalue weighted by atomic mass is 9.98. The molecule has 1 aliphatic rings. The summed E-state index contributed by atoms with van der Waals surface area (Å²) in [4.78, 5) is 26.1. The second kappa shape index (κ2) is 7.95. The Morgan fingerprint density at radius 1 is 1.27 bits per heavy atom. The SMILES string of the molecule is CC(C)N1C[C@@H](C(=O)Nc2nnc(C[C@H](C)c3ccccc3)s2)CC1=O. The molecule has 1 aromatic heterocycles. The van der Waals surface area contributed by atoms with Gasteiger partial charge in [-0.3, -0.25) is 9.59 Å². The Hall–Kier alpha value is -2.28. The summed E-state index contributed by atoms with van der Waals surface area (Å²) in [5.41, 5.74) is 1.26. The Morgan fingerprint density at radius 2 is 2.00 bits per heavy atom. The molecule has 2 atom stereocenters. The lowest BCUT2D eigenvalue weighted by molar-refractivity contribution is -0.129. The van der Waals surface area contributed by atoms with Gasteiger partial charge in [-0.15, -0.1) is 10.2 Å². The Bertz CT molecular complexity index is 775. The van der Waals surface area contributed by atoms with Crippen LogP contribution in [0.2, 0.25) is 0 Å². The van der Waals surface area contributed by atoms with Crippen molar-refractivity contribution in [3.8, 4) is 0 Å². The lowest BCUT2D eigenvalue weighted by Crippen LogP contribution is -2.33. The first-order valence-electron chi connectivity index (χ1n) is 8.91. The quantitative estimate of drug-likeness (QED) is 0.845. The van der Waals surface area contributed by atoms with Crippen LogP contribution in [0.15, 0.2) is 30.3 Å². The van der Waals surface area contributed by atoms with Gasteiger partial charge in [0, 0.05) is 25.4 Å². The number of carbonyl (C=O) groups excluding carboxylic acids is 2. The number of amides is 2. The maximum absolute atomic E-state index is 12.4. The van der Waals surface area contributed by atoms with Crippen LogP contribution in [-0.4, -0.2) is 39.5 Å². The van der Waals surface area contributed by atoms with Gasteiger partial charge in [-0.1, -0.05) is 48.6 Å². The van der Waals surface area contributed by atoms with Gasteiger partial charge in [-0.2, -0.15) is 0 Å². The van der Waals surface area contributed by atoms with Crippen molar-refractivity contribution in [1.29, 1.82) is 0 Å². The molecule has 3 rings (SSSR count). The fourth-order valence-corrected chi connectivity index (χ4v) is 4.03. The Kier molecular flexibility index (Phi) is 5.66. The average Bonchev–Trinajstić information content (AvgIpc) is 3.22. The van der Waals surface area contributed by atoms with Gasteiger partial charge < -0.3 is 10.2 Å². The van der Waals surface area contributed by atoms with Crippen molar-refractivity contribution in [2.24, 2.45) is 5.92 Å². The molecule has 138 valence electrons. The van der Waals surface area contributed by atoms with Crippen molar-refractivity contribution >= 4 is 28.3 Å². The van der Waals surface area contributed by atoms with Crippen LogP contribution in [-0.2, 0) is 16.0 Å². The van der Waals surface area contributed by atoms with Crippen LogP contribution in [0.3, 0.4) is 0 Å². The normalized spacial score (nSPS) is 18.4. The standard InChI is InChI=1S/C19H24N4O2S/c1-12(2)23-11-15(10-17(23)24)18(25)20-19-22-21-16(26-19)9-13(3)14-7-5-4-6-8-14/h4-8,12-13,15H,9-11H2,1-3H3,(H,20,22,25)/t13-,15-/m0/s1.